The summed E-state index contributed by atoms with van der Waals surface area (Å²) in [7, 11) is 0. The zero-order valence-electron chi connectivity index (χ0n) is 26.9. The first-order valence-corrected chi connectivity index (χ1v) is 13.7. The van der Waals surface area contributed by atoms with Crippen LogP contribution in [0.2, 0.25) is 0 Å². The molecule has 1 heteroatoms. The molecule has 1 heterocycles. The second-order valence-electron chi connectivity index (χ2n) is 10.5. The van der Waals surface area contributed by atoms with Crippen molar-refractivity contribution in [2.75, 3.05) is 0 Å². The second kappa shape index (κ2) is 8.55. The predicted octanol–water partition coefficient (Wildman–Crippen LogP) is 11.5. The Kier molecular flexibility index (Phi) is 3.76. The summed E-state index contributed by atoms with van der Waals surface area (Å²) >= 11 is 0. The smallest absolute Gasteiger partial charge is 0.136 e. The van der Waals surface area contributed by atoms with Crippen molar-refractivity contribution in [1.82, 2.24) is 0 Å². The van der Waals surface area contributed by atoms with Gasteiger partial charge in [-0.2, -0.15) is 0 Å². The van der Waals surface area contributed by atoms with E-state index in [1.165, 1.54) is 5.39 Å². The topological polar surface area (TPSA) is 13.1 Å². The average molecular weight is 526 g/mol. The fourth-order valence-corrected chi connectivity index (χ4v) is 6.60. The summed E-state index contributed by atoms with van der Waals surface area (Å²) in [6, 6.07) is 37.6. The quantitative estimate of drug-likeness (QED) is 0.162. The van der Waals surface area contributed by atoms with Crippen LogP contribution in [0.15, 0.2) is 150 Å². The van der Waals surface area contributed by atoms with Crippen molar-refractivity contribution >= 4 is 65.0 Å². The van der Waals surface area contributed by atoms with Crippen LogP contribution in [0, 0.1) is 0 Å². The SMILES string of the molecule is [2H]c1c([2H])c([2H])c(-c2c3ccccc3cc3oc4cccc(-c5c6ccccc6cc6c5ccc5ccccc56)c4c23)c([2H])c1[2H]. The molecule has 8 aromatic carbocycles. The molecule has 0 radical (unpaired) electrons. The Bertz CT molecular complexity index is 2730. The van der Waals surface area contributed by atoms with Crippen LogP contribution in [0.5, 0.6) is 0 Å². The fraction of sp³-hybridized carbons (Fsp3) is 0. The lowest BCUT2D eigenvalue weighted by Crippen LogP contribution is -1.89. The molecule has 0 unspecified atom stereocenters. The van der Waals surface area contributed by atoms with Crippen molar-refractivity contribution in [3.8, 4) is 22.3 Å². The molecule has 0 saturated heterocycles. The third-order valence-electron chi connectivity index (χ3n) is 8.30. The molecule has 0 amide bonds. The van der Waals surface area contributed by atoms with Crippen molar-refractivity contribution in [3.05, 3.63) is 145 Å². The highest BCUT2D eigenvalue weighted by Crippen LogP contribution is 2.48. The van der Waals surface area contributed by atoms with E-state index in [9.17, 15) is 0 Å². The Hall–Kier alpha value is -5.40. The Morgan fingerprint density at radius 3 is 1.93 bits per heavy atom. The van der Waals surface area contributed by atoms with E-state index in [4.69, 9.17) is 11.3 Å². The lowest BCUT2D eigenvalue weighted by atomic mass is 9.86. The molecule has 0 aliphatic rings. The Labute approximate surface area is 243 Å². The van der Waals surface area contributed by atoms with E-state index in [1.807, 2.05) is 42.5 Å². The number of rotatable bonds is 2. The molecule has 0 bridgehead atoms. The van der Waals surface area contributed by atoms with E-state index >= 15 is 0 Å². The van der Waals surface area contributed by atoms with Gasteiger partial charge in [-0.3, -0.25) is 0 Å². The summed E-state index contributed by atoms with van der Waals surface area (Å²) < 4.78 is 49.9. The molecule has 9 aromatic rings. The van der Waals surface area contributed by atoms with Gasteiger partial charge in [0.05, 0.1) is 6.85 Å². The summed E-state index contributed by atoms with van der Waals surface area (Å²) in [5.41, 5.74) is 4.02. The molecule has 0 spiro atoms. The van der Waals surface area contributed by atoms with Gasteiger partial charge in [0, 0.05) is 16.3 Å². The van der Waals surface area contributed by atoms with Gasteiger partial charge in [0.15, 0.2) is 0 Å². The minimum Gasteiger partial charge on any atom is -0.456 e. The third kappa shape index (κ3) is 3.24. The number of hydrogen-bond acceptors (Lipinski definition) is 1. The Morgan fingerprint density at radius 2 is 1.12 bits per heavy atom. The highest BCUT2D eigenvalue weighted by atomic mass is 16.3. The molecule has 9 rings (SSSR count). The minimum atomic E-state index is -0.414. The minimum absolute atomic E-state index is 0.166. The highest BCUT2D eigenvalue weighted by molar-refractivity contribution is 6.28. The molecular formula is C40H24O. The van der Waals surface area contributed by atoms with Crippen LogP contribution in [-0.4, -0.2) is 0 Å². The zero-order valence-corrected chi connectivity index (χ0v) is 21.9. The van der Waals surface area contributed by atoms with Crippen LogP contribution in [0.4, 0.5) is 0 Å². The zero-order chi connectivity index (χ0) is 31.3. The molecule has 41 heavy (non-hydrogen) atoms. The maximum atomic E-state index is 8.99. The second-order valence-corrected chi connectivity index (χ2v) is 10.5. The van der Waals surface area contributed by atoms with E-state index in [0.29, 0.717) is 16.7 Å². The van der Waals surface area contributed by atoms with Gasteiger partial charge in [-0.25, -0.2) is 0 Å². The first kappa shape index (κ1) is 18.0. The Balaban J connectivity index is 1.53. The van der Waals surface area contributed by atoms with Gasteiger partial charge >= 0.3 is 0 Å². The van der Waals surface area contributed by atoms with Gasteiger partial charge < -0.3 is 4.42 Å². The van der Waals surface area contributed by atoms with Gasteiger partial charge in [-0.15, -0.1) is 0 Å². The van der Waals surface area contributed by atoms with Crippen molar-refractivity contribution in [2.24, 2.45) is 0 Å². The Morgan fingerprint density at radius 1 is 0.439 bits per heavy atom. The first-order valence-electron chi connectivity index (χ1n) is 16.2. The number of furan rings is 1. The van der Waals surface area contributed by atoms with Crippen LogP contribution < -0.4 is 0 Å². The summed E-state index contributed by atoms with van der Waals surface area (Å²) in [4.78, 5) is 0. The maximum absolute atomic E-state index is 8.99. The molecule has 0 atom stereocenters. The van der Waals surface area contributed by atoms with Gasteiger partial charge in [0.25, 0.3) is 0 Å². The monoisotopic (exact) mass is 525 g/mol. The van der Waals surface area contributed by atoms with E-state index < -0.39 is 6.04 Å². The van der Waals surface area contributed by atoms with Crippen LogP contribution in [-0.2, 0) is 0 Å². The summed E-state index contributed by atoms with van der Waals surface area (Å²) in [5.74, 6) is 0. The molecule has 0 fully saturated rings. The summed E-state index contributed by atoms with van der Waals surface area (Å²) in [6.45, 7) is 0. The van der Waals surface area contributed by atoms with Crippen molar-refractivity contribution < 1.29 is 11.3 Å². The molecule has 1 nitrogen and oxygen atoms in total. The van der Waals surface area contributed by atoms with E-state index in [-0.39, 0.29) is 29.7 Å². The van der Waals surface area contributed by atoms with Gasteiger partial charge in [0.1, 0.15) is 11.2 Å². The lowest BCUT2D eigenvalue weighted by molar-refractivity contribution is 0.669. The lowest BCUT2D eigenvalue weighted by Gasteiger charge is -2.16. The molecule has 1 aromatic heterocycles. The number of hydrogen-bond donors (Lipinski definition) is 0. The van der Waals surface area contributed by atoms with Crippen molar-refractivity contribution in [2.45, 2.75) is 0 Å². The number of benzene rings is 8. The number of fused-ring (bicyclic) bond motifs is 8. The molecular weight excluding hydrogens is 496 g/mol. The van der Waals surface area contributed by atoms with Crippen molar-refractivity contribution in [3.63, 3.8) is 0 Å². The van der Waals surface area contributed by atoms with Crippen LogP contribution >= 0.6 is 0 Å². The molecule has 0 aliphatic carbocycles. The molecule has 0 aliphatic heterocycles. The van der Waals surface area contributed by atoms with Crippen LogP contribution in [0.3, 0.4) is 0 Å². The van der Waals surface area contributed by atoms with E-state index in [0.717, 1.165) is 59.6 Å². The van der Waals surface area contributed by atoms with E-state index in [1.54, 1.807) is 0 Å². The molecule has 190 valence electrons. The van der Waals surface area contributed by atoms with E-state index in [2.05, 4.69) is 72.8 Å². The maximum Gasteiger partial charge on any atom is 0.136 e. The van der Waals surface area contributed by atoms with Crippen LogP contribution in [0.1, 0.15) is 6.85 Å². The first-order chi connectivity index (χ1) is 22.4. The standard InChI is InChI=1S/C40H24O/c1-2-12-26(13-3-1)37-30-17-8-6-15-28(30)24-36-40(37)39-33(19-10-20-35(39)41-36)38-31-18-9-5-14-27(31)23-34-29-16-7-4-11-25(29)21-22-32(34)38/h1-24H/i1D,2D,3D,12D,13D. The fourth-order valence-electron chi connectivity index (χ4n) is 6.60. The summed E-state index contributed by atoms with van der Waals surface area (Å²) in [5, 5.41) is 10.0. The summed E-state index contributed by atoms with van der Waals surface area (Å²) in [6.07, 6.45) is 0. The van der Waals surface area contributed by atoms with Gasteiger partial charge in [-0.1, -0.05) is 127 Å². The largest absolute Gasteiger partial charge is 0.456 e. The average Bonchev–Trinajstić information content (AvgIpc) is 3.47. The third-order valence-corrected chi connectivity index (χ3v) is 8.30. The van der Waals surface area contributed by atoms with Crippen LogP contribution in [0.25, 0.3) is 87.3 Å². The van der Waals surface area contributed by atoms with Gasteiger partial charge in [-0.05, 0) is 78.0 Å². The van der Waals surface area contributed by atoms with Gasteiger partial charge in [0.2, 0.25) is 0 Å². The predicted molar refractivity (Wildman–Crippen MR) is 175 cm³/mol. The van der Waals surface area contributed by atoms with Crippen molar-refractivity contribution in [1.29, 1.82) is 0 Å². The molecule has 0 saturated carbocycles. The molecule has 0 N–H and O–H groups in total. The normalized spacial score (nSPS) is 13.6. The highest BCUT2D eigenvalue weighted by Gasteiger charge is 2.21.